The molecule has 0 amide bonds. The summed E-state index contributed by atoms with van der Waals surface area (Å²) in [5.41, 5.74) is 7.68. The van der Waals surface area contributed by atoms with Crippen molar-refractivity contribution in [2.75, 3.05) is 19.5 Å². The van der Waals surface area contributed by atoms with Crippen LogP contribution in [0.25, 0.3) is 56.4 Å². The Labute approximate surface area is 344 Å². The van der Waals surface area contributed by atoms with E-state index in [1.165, 1.54) is 34.3 Å². The molecule has 7 aromatic rings. The van der Waals surface area contributed by atoms with Crippen LogP contribution in [0.4, 0.5) is 10.1 Å². The number of aromatic hydroxyl groups is 1. The smallest absolute Gasteiger partial charge is 0.266 e. The van der Waals surface area contributed by atoms with E-state index in [1.54, 1.807) is 41.2 Å². The van der Waals surface area contributed by atoms with Crippen LogP contribution in [0.3, 0.4) is 0 Å². The quantitative estimate of drug-likeness (QED) is 0.0693. The minimum absolute atomic E-state index is 0.129. The molecule has 0 aliphatic carbocycles. The number of rotatable bonds is 12. The maximum Gasteiger partial charge on any atom is 0.266 e. The zero-order valence-corrected chi connectivity index (χ0v) is 34.1. The molecule has 0 spiro atoms. The molecule has 4 N–H and O–H groups in total. The second kappa shape index (κ2) is 16.9. The number of phenols is 1. The van der Waals surface area contributed by atoms with Gasteiger partial charge in [0.05, 0.1) is 37.0 Å². The molecule has 298 valence electrons. The summed E-state index contributed by atoms with van der Waals surface area (Å²) in [5.74, 6) is -0.0249. The molecule has 12 nitrogen and oxygen atoms in total. The number of imidazole rings is 1. The first-order valence-electron chi connectivity index (χ1n) is 18.0. The van der Waals surface area contributed by atoms with Gasteiger partial charge in [0.2, 0.25) is 5.75 Å². The van der Waals surface area contributed by atoms with Crippen LogP contribution in [0.2, 0.25) is 0 Å². The fourth-order valence-corrected chi connectivity index (χ4v) is 8.07. The lowest BCUT2D eigenvalue weighted by molar-refractivity contribution is 0.340. The van der Waals surface area contributed by atoms with Gasteiger partial charge >= 0.3 is 0 Å². The van der Waals surface area contributed by atoms with E-state index in [4.69, 9.17) is 26.7 Å². The van der Waals surface area contributed by atoms with Crippen LogP contribution in [0.15, 0.2) is 109 Å². The molecule has 0 fully saturated rings. The molecule has 16 heteroatoms. The van der Waals surface area contributed by atoms with Crippen molar-refractivity contribution in [3.63, 3.8) is 0 Å². The molecule has 3 aromatic heterocycles. The highest BCUT2D eigenvalue weighted by Gasteiger charge is 2.26. The van der Waals surface area contributed by atoms with Crippen LogP contribution >= 0.6 is 12.2 Å². The topological polar surface area (TPSA) is 153 Å². The number of nitrogens with zero attached hydrogens (tertiary/aromatic N) is 4. The lowest BCUT2D eigenvalue weighted by Gasteiger charge is -2.17. The number of aryl methyl sites for hydroxylation is 2. The molecule has 0 bridgehead atoms. The van der Waals surface area contributed by atoms with Crippen LogP contribution in [0, 0.1) is 5.82 Å². The summed E-state index contributed by atoms with van der Waals surface area (Å²) >= 11 is 1.55. The third-order valence-electron chi connectivity index (χ3n) is 9.66. The van der Waals surface area contributed by atoms with Gasteiger partial charge in [-0.25, -0.2) is 25.7 Å². The minimum Gasteiger partial charge on any atom is -0.502 e. The second-order valence-electron chi connectivity index (χ2n) is 13.1. The third kappa shape index (κ3) is 7.84. The standard InChI is InChI=1S/C42H38FN5O7S3/c1-5-25-19-34(46(23-25)57(50)51)27-7-11-29(12-8-27)38-39(30-13-9-28(10-14-30)35-20-26(6-2)24-47(35)58(52)53)48(42(56)44-33-17-15-32(43)16-18-33)41(45-38)31-21-36(54-3)40(49)37(22-31)55-4/h7-24,49H,5-6H2,1-4H3,(H,44,56)(H,50,51)(H,52,53). The molecule has 58 heavy (non-hydrogen) atoms. The van der Waals surface area contributed by atoms with Gasteiger partial charge in [-0.2, -0.15) is 0 Å². The number of thiocarbonyl (C=S) groups is 1. The summed E-state index contributed by atoms with van der Waals surface area (Å²) in [6, 6.07) is 27.5. The number of phenolic OH excluding ortho intramolecular Hbond substituents is 1. The normalized spacial score (nSPS) is 12.3. The Morgan fingerprint density at radius 3 is 1.64 bits per heavy atom. The van der Waals surface area contributed by atoms with E-state index in [0.717, 1.165) is 11.1 Å². The lowest BCUT2D eigenvalue weighted by atomic mass is 10.0. The number of hydrogen-bond acceptors (Lipinski definition) is 7. The first kappa shape index (κ1) is 40.3. The van der Waals surface area contributed by atoms with Crippen LogP contribution in [-0.2, 0) is 35.4 Å². The SMILES string of the molecule is CCc1cc(-c2ccc(-c3nc(-c4cc(OC)c(O)c(OC)c4)n(C(=S)Nc4ccc(F)cc4)c3-c3ccc(-c4cc(CC)cn4S(=O)O)cc3)cc2)n(S(=O)O)c1. The summed E-state index contributed by atoms with van der Waals surface area (Å²) in [6.45, 7) is 3.94. The summed E-state index contributed by atoms with van der Waals surface area (Å²) in [4.78, 5) is 5.19. The lowest BCUT2D eigenvalue weighted by Crippen LogP contribution is -2.21. The molecule has 0 saturated heterocycles. The van der Waals surface area contributed by atoms with Gasteiger partial charge in [-0.05, 0) is 95.8 Å². The van der Waals surface area contributed by atoms with E-state index in [1.807, 2.05) is 74.5 Å². The summed E-state index contributed by atoms with van der Waals surface area (Å²) in [6.07, 6.45) is 4.66. The monoisotopic (exact) mass is 839 g/mol. The van der Waals surface area contributed by atoms with E-state index >= 15 is 0 Å². The zero-order valence-electron chi connectivity index (χ0n) is 31.7. The van der Waals surface area contributed by atoms with Gasteiger partial charge in [0.1, 0.15) is 11.6 Å². The van der Waals surface area contributed by atoms with Crippen molar-refractivity contribution in [2.45, 2.75) is 26.7 Å². The fraction of sp³-hybridized carbons (Fsp3) is 0.143. The van der Waals surface area contributed by atoms with E-state index < -0.39 is 28.4 Å². The van der Waals surface area contributed by atoms with Crippen molar-refractivity contribution in [3.8, 4) is 73.7 Å². The second-order valence-corrected chi connectivity index (χ2v) is 15.2. The number of benzene rings is 4. The third-order valence-corrected chi connectivity index (χ3v) is 11.2. The summed E-state index contributed by atoms with van der Waals surface area (Å²) < 4.78 is 74.0. The Morgan fingerprint density at radius 1 is 0.724 bits per heavy atom. The molecule has 7 rings (SSSR count). The average Bonchev–Trinajstić information content (AvgIpc) is 3.98. The van der Waals surface area contributed by atoms with Crippen molar-refractivity contribution in [3.05, 3.63) is 126 Å². The number of aromatic nitrogens is 4. The Kier molecular flexibility index (Phi) is 11.7. The van der Waals surface area contributed by atoms with E-state index in [0.29, 0.717) is 74.9 Å². The minimum atomic E-state index is -2.28. The van der Waals surface area contributed by atoms with Gasteiger partial charge < -0.3 is 19.9 Å². The molecular formula is C42H38FN5O7S3. The predicted molar refractivity (Wildman–Crippen MR) is 229 cm³/mol. The number of methoxy groups -OCH3 is 2. The van der Waals surface area contributed by atoms with Gasteiger partial charge in [-0.1, -0.05) is 62.4 Å². The molecule has 3 heterocycles. The largest absolute Gasteiger partial charge is 0.502 e. The van der Waals surface area contributed by atoms with Crippen molar-refractivity contribution in [2.24, 2.45) is 0 Å². The summed E-state index contributed by atoms with van der Waals surface area (Å²) in [7, 11) is 2.84. The number of hydrogen-bond donors (Lipinski definition) is 4. The Morgan fingerprint density at radius 2 is 1.19 bits per heavy atom. The molecule has 0 saturated carbocycles. The van der Waals surface area contributed by atoms with Gasteiger partial charge in [0.25, 0.3) is 22.5 Å². The van der Waals surface area contributed by atoms with Crippen LogP contribution < -0.4 is 14.8 Å². The maximum absolute atomic E-state index is 14.0. The number of nitrogens with one attached hydrogen (secondary N) is 1. The fourth-order valence-electron chi connectivity index (χ4n) is 6.67. The highest BCUT2D eigenvalue weighted by molar-refractivity contribution is 7.80. The van der Waals surface area contributed by atoms with E-state index in [2.05, 4.69) is 5.32 Å². The Bertz CT molecular complexity index is 2660. The maximum atomic E-state index is 14.0. The highest BCUT2D eigenvalue weighted by Crippen LogP contribution is 2.43. The molecule has 2 unspecified atom stereocenters. The predicted octanol–water partition coefficient (Wildman–Crippen LogP) is 9.02. The first-order valence-corrected chi connectivity index (χ1v) is 20.5. The van der Waals surface area contributed by atoms with Gasteiger partial charge in [-0.15, -0.1) is 0 Å². The Hall–Kier alpha value is -5.91. The Balaban J connectivity index is 1.47. The van der Waals surface area contributed by atoms with Crippen molar-refractivity contribution in [1.82, 2.24) is 17.5 Å². The van der Waals surface area contributed by atoms with Gasteiger partial charge in [-0.3, -0.25) is 13.7 Å². The average molecular weight is 840 g/mol. The molecule has 0 radical (unpaired) electrons. The zero-order chi connectivity index (χ0) is 41.2. The van der Waals surface area contributed by atoms with Crippen molar-refractivity contribution >= 4 is 45.6 Å². The number of halogens is 1. The van der Waals surface area contributed by atoms with Crippen LogP contribution in [0.5, 0.6) is 17.2 Å². The van der Waals surface area contributed by atoms with Crippen LogP contribution in [0.1, 0.15) is 25.0 Å². The van der Waals surface area contributed by atoms with E-state index in [9.17, 15) is 27.0 Å². The van der Waals surface area contributed by atoms with Gasteiger partial charge in [0.15, 0.2) is 16.6 Å². The molecule has 2 atom stereocenters. The number of ether oxygens (including phenoxy) is 2. The summed E-state index contributed by atoms with van der Waals surface area (Å²) in [5, 5.41) is 14.2. The van der Waals surface area contributed by atoms with Gasteiger partial charge in [0, 0.05) is 34.8 Å². The highest BCUT2D eigenvalue weighted by atomic mass is 32.2. The molecule has 0 aliphatic rings. The van der Waals surface area contributed by atoms with Crippen molar-refractivity contribution < 1.29 is 36.5 Å². The first-order chi connectivity index (χ1) is 27.9. The molecule has 0 aliphatic heterocycles. The molecular weight excluding hydrogens is 802 g/mol. The number of anilines is 1. The van der Waals surface area contributed by atoms with Crippen molar-refractivity contribution in [1.29, 1.82) is 0 Å². The molecule has 4 aromatic carbocycles. The van der Waals surface area contributed by atoms with Crippen LogP contribution in [-0.4, -0.2) is 59.5 Å². The van der Waals surface area contributed by atoms with E-state index in [-0.39, 0.29) is 22.4 Å².